The van der Waals surface area contributed by atoms with Gasteiger partial charge in [-0.05, 0) is 45.2 Å². The van der Waals surface area contributed by atoms with Crippen LogP contribution in [-0.2, 0) is 0 Å². The Labute approximate surface area is 88.2 Å². The van der Waals surface area contributed by atoms with Gasteiger partial charge < -0.3 is 5.32 Å². The van der Waals surface area contributed by atoms with Crippen LogP contribution in [0.3, 0.4) is 0 Å². The number of hydrogen-bond acceptors (Lipinski definition) is 1. The minimum Gasteiger partial charge on any atom is -0.316 e. The van der Waals surface area contributed by atoms with Gasteiger partial charge in [0.1, 0.15) is 0 Å². The molecule has 0 saturated carbocycles. The van der Waals surface area contributed by atoms with E-state index in [-0.39, 0.29) is 0 Å². The van der Waals surface area contributed by atoms with Crippen molar-refractivity contribution in [3.63, 3.8) is 0 Å². The fourth-order valence-corrected chi connectivity index (χ4v) is 1.61. The largest absolute Gasteiger partial charge is 0.316 e. The van der Waals surface area contributed by atoms with Crippen LogP contribution in [0, 0.1) is 5.92 Å². The highest BCUT2D eigenvalue weighted by Gasteiger charge is 1.99. The Hall–Kier alpha value is 0.250. The Morgan fingerprint density at radius 2 is 1.92 bits per heavy atom. The second-order valence-electron chi connectivity index (χ2n) is 4.02. The van der Waals surface area contributed by atoms with Crippen molar-refractivity contribution < 1.29 is 0 Å². The van der Waals surface area contributed by atoms with Crippen LogP contribution < -0.4 is 5.32 Å². The second-order valence-corrected chi connectivity index (χ2v) is 4.77. The van der Waals surface area contributed by atoms with Crippen LogP contribution in [0.1, 0.15) is 46.5 Å². The molecule has 0 heterocycles. The van der Waals surface area contributed by atoms with Gasteiger partial charge in [-0.2, -0.15) is 0 Å². The summed E-state index contributed by atoms with van der Waals surface area (Å²) in [7, 11) is 0. The fraction of sp³-hybridized carbons (Fsp3) is 1.00. The van der Waals surface area contributed by atoms with Crippen LogP contribution in [0.4, 0.5) is 0 Å². The zero-order valence-corrected chi connectivity index (χ0v) is 10.0. The average Bonchev–Trinajstić information content (AvgIpc) is 2.03. The van der Waals surface area contributed by atoms with Gasteiger partial charge in [-0.1, -0.05) is 20.3 Å². The minimum absolute atomic E-state index is 0.329. The molecule has 1 N–H and O–H groups in total. The lowest BCUT2D eigenvalue weighted by Gasteiger charge is -2.11. The highest BCUT2D eigenvalue weighted by atomic mass is 35.5. The summed E-state index contributed by atoms with van der Waals surface area (Å²) in [5.41, 5.74) is 0. The van der Waals surface area contributed by atoms with Crippen LogP contribution in [0.15, 0.2) is 0 Å². The molecule has 0 bridgehead atoms. The molecule has 2 heteroatoms. The molecular formula is C11H24ClN. The Morgan fingerprint density at radius 3 is 2.46 bits per heavy atom. The molecule has 0 aliphatic rings. The molecule has 0 aromatic rings. The Bertz CT molecular complexity index is 104. The lowest BCUT2D eigenvalue weighted by Crippen LogP contribution is -2.22. The van der Waals surface area contributed by atoms with Gasteiger partial charge in [-0.3, -0.25) is 0 Å². The third kappa shape index (κ3) is 10.2. The summed E-state index contributed by atoms with van der Waals surface area (Å²) in [4.78, 5) is 0. The van der Waals surface area contributed by atoms with Gasteiger partial charge in [0.2, 0.25) is 0 Å². The first-order valence-electron chi connectivity index (χ1n) is 5.51. The van der Waals surface area contributed by atoms with Crippen LogP contribution in [0.5, 0.6) is 0 Å². The molecule has 0 radical (unpaired) electrons. The summed E-state index contributed by atoms with van der Waals surface area (Å²) < 4.78 is 0. The second kappa shape index (κ2) is 8.83. The lowest BCUT2D eigenvalue weighted by atomic mass is 10.1. The molecule has 0 aliphatic carbocycles. The molecule has 0 amide bonds. The van der Waals surface area contributed by atoms with Crippen LogP contribution >= 0.6 is 11.6 Å². The van der Waals surface area contributed by atoms with E-state index in [2.05, 4.69) is 26.1 Å². The van der Waals surface area contributed by atoms with Crippen molar-refractivity contribution in [1.29, 1.82) is 0 Å². The zero-order valence-electron chi connectivity index (χ0n) is 9.28. The van der Waals surface area contributed by atoms with Gasteiger partial charge >= 0.3 is 0 Å². The predicted octanol–water partition coefficient (Wildman–Crippen LogP) is 3.42. The molecular weight excluding hydrogens is 182 g/mol. The Morgan fingerprint density at radius 1 is 1.23 bits per heavy atom. The first kappa shape index (κ1) is 13.2. The van der Waals surface area contributed by atoms with E-state index < -0.39 is 0 Å². The third-order valence-corrected chi connectivity index (χ3v) is 2.45. The van der Waals surface area contributed by atoms with Gasteiger partial charge in [0.15, 0.2) is 0 Å². The van der Waals surface area contributed by atoms with E-state index in [4.69, 9.17) is 11.6 Å². The van der Waals surface area contributed by atoms with Crippen molar-refractivity contribution in [1.82, 2.24) is 5.32 Å². The van der Waals surface area contributed by atoms with Crippen molar-refractivity contribution in [2.45, 2.75) is 51.8 Å². The molecule has 0 aromatic heterocycles. The van der Waals surface area contributed by atoms with Gasteiger partial charge in [-0.25, -0.2) is 0 Å². The van der Waals surface area contributed by atoms with Crippen molar-refractivity contribution in [3.8, 4) is 0 Å². The summed E-state index contributed by atoms with van der Waals surface area (Å²) in [6.45, 7) is 8.88. The first-order chi connectivity index (χ1) is 6.16. The van der Waals surface area contributed by atoms with E-state index in [1.54, 1.807) is 0 Å². The molecule has 2 unspecified atom stereocenters. The molecule has 0 saturated heterocycles. The monoisotopic (exact) mass is 205 g/mol. The van der Waals surface area contributed by atoms with Gasteiger partial charge in [-0.15, -0.1) is 11.6 Å². The summed E-state index contributed by atoms with van der Waals surface area (Å²) >= 11 is 5.84. The first-order valence-corrected chi connectivity index (χ1v) is 5.95. The summed E-state index contributed by atoms with van der Waals surface area (Å²) in [5.74, 6) is 0.818. The quantitative estimate of drug-likeness (QED) is 0.473. The molecule has 2 atom stereocenters. The number of rotatable bonds is 8. The molecule has 13 heavy (non-hydrogen) atoms. The maximum absolute atomic E-state index is 5.84. The highest BCUT2D eigenvalue weighted by molar-refractivity contribution is 6.20. The van der Waals surface area contributed by atoms with E-state index in [0.717, 1.165) is 25.4 Å². The number of hydrogen-bond donors (Lipinski definition) is 1. The van der Waals surface area contributed by atoms with Crippen LogP contribution in [-0.4, -0.2) is 18.5 Å². The summed E-state index contributed by atoms with van der Waals surface area (Å²) in [6, 6.07) is 0. The molecule has 0 rings (SSSR count). The molecule has 0 spiro atoms. The predicted molar refractivity (Wildman–Crippen MR) is 61.5 cm³/mol. The van der Waals surface area contributed by atoms with Crippen molar-refractivity contribution >= 4 is 11.6 Å². The maximum atomic E-state index is 5.84. The molecule has 1 nitrogen and oxygen atoms in total. The summed E-state index contributed by atoms with van der Waals surface area (Å²) in [6.07, 6.45) is 4.95. The van der Waals surface area contributed by atoms with E-state index in [9.17, 15) is 0 Å². The zero-order chi connectivity index (χ0) is 10.1. The lowest BCUT2D eigenvalue weighted by molar-refractivity contribution is 0.470. The third-order valence-electron chi connectivity index (χ3n) is 2.23. The van der Waals surface area contributed by atoms with E-state index in [0.29, 0.717) is 5.38 Å². The van der Waals surface area contributed by atoms with Gasteiger partial charge in [0.05, 0.1) is 0 Å². The van der Waals surface area contributed by atoms with Crippen molar-refractivity contribution in [2.75, 3.05) is 13.1 Å². The smallest absolute Gasteiger partial charge is 0.0308 e. The fourth-order valence-electron chi connectivity index (χ4n) is 1.45. The minimum atomic E-state index is 0.329. The highest BCUT2D eigenvalue weighted by Crippen LogP contribution is 2.04. The molecule has 0 fully saturated rings. The van der Waals surface area contributed by atoms with Gasteiger partial charge in [0, 0.05) is 5.38 Å². The van der Waals surface area contributed by atoms with E-state index in [1.807, 2.05) is 0 Å². The van der Waals surface area contributed by atoms with E-state index in [1.165, 1.54) is 19.3 Å². The Balaban J connectivity index is 3.06. The van der Waals surface area contributed by atoms with Crippen LogP contribution in [0.2, 0.25) is 0 Å². The number of halogens is 1. The molecule has 0 aromatic carbocycles. The van der Waals surface area contributed by atoms with Crippen molar-refractivity contribution in [2.24, 2.45) is 5.92 Å². The van der Waals surface area contributed by atoms with E-state index >= 15 is 0 Å². The number of nitrogens with one attached hydrogen (secondary N) is 1. The molecule has 80 valence electrons. The summed E-state index contributed by atoms with van der Waals surface area (Å²) in [5, 5.41) is 3.80. The topological polar surface area (TPSA) is 12.0 Å². The number of alkyl halides is 1. The van der Waals surface area contributed by atoms with Gasteiger partial charge in [0.25, 0.3) is 0 Å². The molecule has 0 aliphatic heterocycles. The normalized spacial score (nSPS) is 15.7. The van der Waals surface area contributed by atoms with Crippen molar-refractivity contribution in [3.05, 3.63) is 0 Å². The average molecular weight is 206 g/mol. The van der Waals surface area contributed by atoms with Crippen LogP contribution in [0.25, 0.3) is 0 Å². The standard InChI is InChI=1S/C11H24ClN/c1-4-6-10(2)9-13-8-5-7-11(3)12/h10-11,13H,4-9H2,1-3H3. The maximum Gasteiger partial charge on any atom is 0.0308 e. The SMILES string of the molecule is CCCC(C)CNCCCC(C)Cl. The Kier molecular flexibility index (Phi) is 9.00.